The molecule has 160 valence electrons. The highest BCUT2D eigenvalue weighted by atomic mass is 16.5. The second-order valence-electron chi connectivity index (χ2n) is 7.25. The van der Waals surface area contributed by atoms with Gasteiger partial charge in [-0.05, 0) is 44.9 Å². The molecule has 2 aromatic rings. The third-order valence-corrected chi connectivity index (χ3v) is 4.98. The minimum Gasteiger partial charge on any atom is -0.489 e. The quantitative estimate of drug-likeness (QED) is 0.699. The molecule has 9 heteroatoms. The van der Waals surface area contributed by atoms with Gasteiger partial charge in [-0.25, -0.2) is 0 Å². The van der Waals surface area contributed by atoms with Crippen molar-refractivity contribution in [1.29, 1.82) is 0 Å². The van der Waals surface area contributed by atoms with Crippen molar-refractivity contribution in [3.05, 3.63) is 46.8 Å². The van der Waals surface area contributed by atoms with Crippen LogP contribution in [0.4, 0.5) is 0 Å². The molecule has 1 aliphatic rings. The van der Waals surface area contributed by atoms with E-state index in [-0.39, 0.29) is 19.1 Å². The highest BCUT2D eigenvalue weighted by molar-refractivity contribution is 5.96. The average molecular weight is 414 g/mol. The maximum Gasteiger partial charge on any atom is 0.269 e. The van der Waals surface area contributed by atoms with Crippen LogP contribution in [-0.4, -0.2) is 40.9 Å². The standard InChI is InChI=1S/C21H26N4O5/c1-14-18(15(2)30-24-14)13-29-17-8-6-7-16(11-17)21(28)23-22-19(26)12-25-10-5-3-4-9-20(25)27/h6-8,11H,3-5,9-10,12-13H2,1-2H3,(H,22,26)(H,23,28). The number of benzene rings is 1. The molecule has 1 aromatic heterocycles. The van der Waals surface area contributed by atoms with E-state index in [0.29, 0.717) is 30.0 Å². The monoisotopic (exact) mass is 414 g/mol. The fourth-order valence-electron chi connectivity index (χ4n) is 3.21. The SMILES string of the molecule is Cc1noc(C)c1COc1cccc(C(=O)NNC(=O)CN2CCCCCC2=O)c1. The third kappa shape index (κ3) is 5.59. The highest BCUT2D eigenvalue weighted by Gasteiger charge is 2.19. The molecule has 0 aliphatic carbocycles. The van der Waals surface area contributed by atoms with Crippen molar-refractivity contribution in [3.8, 4) is 5.75 Å². The Kier molecular flexibility index (Phi) is 7.05. The number of aromatic nitrogens is 1. The van der Waals surface area contributed by atoms with Crippen LogP contribution < -0.4 is 15.6 Å². The summed E-state index contributed by atoms with van der Waals surface area (Å²) in [5, 5.41) is 3.88. The second-order valence-corrected chi connectivity index (χ2v) is 7.25. The van der Waals surface area contributed by atoms with Crippen molar-refractivity contribution in [2.45, 2.75) is 46.1 Å². The van der Waals surface area contributed by atoms with E-state index in [1.165, 1.54) is 4.90 Å². The first-order chi connectivity index (χ1) is 14.4. The molecule has 0 saturated carbocycles. The predicted molar refractivity (Wildman–Crippen MR) is 107 cm³/mol. The number of carbonyl (C=O) groups excluding carboxylic acids is 3. The number of aryl methyl sites for hydroxylation is 2. The van der Waals surface area contributed by atoms with Crippen molar-refractivity contribution in [2.75, 3.05) is 13.1 Å². The van der Waals surface area contributed by atoms with Crippen LogP contribution in [0.2, 0.25) is 0 Å². The zero-order valence-corrected chi connectivity index (χ0v) is 17.2. The molecule has 1 fully saturated rings. The summed E-state index contributed by atoms with van der Waals surface area (Å²) in [5.74, 6) is 0.242. The number of likely N-dealkylation sites (tertiary alicyclic amines) is 1. The van der Waals surface area contributed by atoms with E-state index in [2.05, 4.69) is 16.0 Å². The first-order valence-corrected chi connectivity index (χ1v) is 9.95. The van der Waals surface area contributed by atoms with E-state index in [9.17, 15) is 14.4 Å². The molecule has 0 bridgehead atoms. The van der Waals surface area contributed by atoms with E-state index in [1.54, 1.807) is 24.3 Å². The van der Waals surface area contributed by atoms with Gasteiger partial charge in [-0.15, -0.1) is 0 Å². The number of nitrogens with zero attached hydrogens (tertiary/aromatic N) is 2. The van der Waals surface area contributed by atoms with Crippen molar-refractivity contribution in [1.82, 2.24) is 20.9 Å². The van der Waals surface area contributed by atoms with Gasteiger partial charge in [0.25, 0.3) is 11.8 Å². The predicted octanol–water partition coefficient (Wildman–Crippen LogP) is 2.03. The lowest BCUT2D eigenvalue weighted by Gasteiger charge is -2.19. The van der Waals surface area contributed by atoms with Crippen molar-refractivity contribution in [3.63, 3.8) is 0 Å². The van der Waals surface area contributed by atoms with E-state index in [1.807, 2.05) is 13.8 Å². The highest BCUT2D eigenvalue weighted by Crippen LogP contribution is 2.18. The first kappa shape index (κ1) is 21.4. The van der Waals surface area contributed by atoms with Crippen LogP contribution in [0.5, 0.6) is 5.75 Å². The minimum absolute atomic E-state index is 0.0304. The lowest BCUT2D eigenvalue weighted by molar-refractivity contribution is -0.135. The fourth-order valence-corrected chi connectivity index (χ4v) is 3.21. The zero-order chi connectivity index (χ0) is 21.5. The number of carbonyl (C=O) groups is 3. The second kappa shape index (κ2) is 9.91. The van der Waals surface area contributed by atoms with Gasteiger partial charge in [-0.1, -0.05) is 17.6 Å². The van der Waals surface area contributed by atoms with Crippen molar-refractivity contribution < 1.29 is 23.6 Å². The van der Waals surface area contributed by atoms with Crippen LogP contribution in [0.1, 0.15) is 53.1 Å². The van der Waals surface area contributed by atoms with Crippen LogP contribution in [0.15, 0.2) is 28.8 Å². The van der Waals surface area contributed by atoms with Gasteiger partial charge in [0, 0.05) is 18.5 Å². The van der Waals surface area contributed by atoms with Crippen LogP contribution in [0, 0.1) is 13.8 Å². The molecule has 2 heterocycles. The van der Waals surface area contributed by atoms with Crippen LogP contribution in [0.3, 0.4) is 0 Å². The van der Waals surface area contributed by atoms with Gasteiger partial charge < -0.3 is 14.2 Å². The molecule has 0 unspecified atom stereocenters. The first-order valence-electron chi connectivity index (χ1n) is 9.95. The molecule has 1 aromatic carbocycles. The molecule has 30 heavy (non-hydrogen) atoms. The minimum atomic E-state index is -0.478. The lowest BCUT2D eigenvalue weighted by atomic mass is 10.2. The summed E-state index contributed by atoms with van der Waals surface area (Å²) in [6, 6.07) is 6.62. The third-order valence-electron chi connectivity index (χ3n) is 4.98. The Morgan fingerprint density at radius 3 is 2.80 bits per heavy atom. The molecule has 2 N–H and O–H groups in total. The molecular formula is C21H26N4O5. The van der Waals surface area contributed by atoms with E-state index in [0.717, 1.165) is 30.5 Å². The molecule has 1 aliphatic heterocycles. The Bertz CT molecular complexity index is 904. The van der Waals surface area contributed by atoms with Gasteiger partial charge in [0.1, 0.15) is 24.7 Å². The van der Waals surface area contributed by atoms with Gasteiger partial charge in [0.15, 0.2) is 0 Å². The molecule has 0 radical (unpaired) electrons. The summed E-state index contributed by atoms with van der Waals surface area (Å²) >= 11 is 0. The number of ether oxygens (including phenoxy) is 1. The van der Waals surface area contributed by atoms with Crippen LogP contribution in [-0.2, 0) is 16.2 Å². The van der Waals surface area contributed by atoms with E-state index in [4.69, 9.17) is 9.26 Å². The molecule has 0 spiro atoms. The molecule has 3 rings (SSSR count). The smallest absolute Gasteiger partial charge is 0.269 e. The Morgan fingerprint density at radius 1 is 1.20 bits per heavy atom. The number of amides is 3. The Morgan fingerprint density at radius 2 is 2.03 bits per heavy atom. The number of hydrogen-bond donors (Lipinski definition) is 2. The Labute approximate surface area is 174 Å². The number of rotatable bonds is 6. The summed E-state index contributed by atoms with van der Waals surface area (Å²) in [6.45, 7) is 4.41. The molecular weight excluding hydrogens is 388 g/mol. The maximum atomic E-state index is 12.4. The maximum absolute atomic E-state index is 12.4. The summed E-state index contributed by atoms with van der Waals surface area (Å²) in [7, 11) is 0. The molecule has 9 nitrogen and oxygen atoms in total. The van der Waals surface area contributed by atoms with E-state index >= 15 is 0 Å². The average Bonchev–Trinajstić information content (AvgIpc) is 2.92. The topological polar surface area (TPSA) is 114 Å². The summed E-state index contributed by atoms with van der Waals surface area (Å²) in [6.07, 6.45) is 3.17. The fraction of sp³-hybridized carbons (Fsp3) is 0.429. The van der Waals surface area contributed by atoms with Gasteiger partial charge in [-0.2, -0.15) is 0 Å². The van der Waals surface area contributed by atoms with E-state index < -0.39 is 11.8 Å². The summed E-state index contributed by atoms with van der Waals surface area (Å²) in [5.41, 5.74) is 6.69. The summed E-state index contributed by atoms with van der Waals surface area (Å²) in [4.78, 5) is 38.0. The van der Waals surface area contributed by atoms with Gasteiger partial charge in [0.2, 0.25) is 5.91 Å². The number of nitrogens with one attached hydrogen (secondary N) is 2. The molecule has 1 saturated heterocycles. The van der Waals surface area contributed by atoms with Gasteiger partial charge in [0.05, 0.1) is 11.3 Å². The largest absolute Gasteiger partial charge is 0.489 e. The van der Waals surface area contributed by atoms with Crippen molar-refractivity contribution in [2.24, 2.45) is 0 Å². The molecule has 3 amide bonds. The number of hydrazine groups is 1. The van der Waals surface area contributed by atoms with Crippen molar-refractivity contribution >= 4 is 17.7 Å². The van der Waals surface area contributed by atoms with Crippen LogP contribution >= 0.6 is 0 Å². The Balaban J connectivity index is 1.51. The normalized spacial score (nSPS) is 14.2. The zero-order valence-electron chi connectivity index (χ0n) is 17.2. The molecule has 0 atom stereocenters. The Hall–Kier alpha value is -3.36. The summed E-state index contributed by atoms with van der Waals surface area (Å²) < 4.78 is 10.9. The van der Waals surface area contributed by atoms with Gasteiger partial charge >= 0.3 is 0 Å². The number of hydrogen-bond acceptors (Lipinski definition) is 6. The van der Waals surface area contributed by atoms with Crippen LogP contribution in [0.25, 0.3) is 0 Å². The van der Waals surface area contributed by atoms with Gasteiger partial charge in [-0.3, -0.25) is 25.2 Å². The lowest BCUT2D eigenvalue weighted by Crippen LogP contribution is -2.47.